The predicted molar refractivity (Wildman–Crippen MR) is 145 cm³/mol. The van der Waals surface area contributed by atoms with Crippen molar-refractivity contribution in [2.24, 2.45) is 0 Å². The molecule has 0 N–H and O–H groups in total. The van der Waals surface area contributed by atoms with Crippen LogP contribution in [0.15, 0.2) is 75.6 Å². The van der Waals surface area contributed by atoms with Crippen molar-refractivity contribution >= 4 is 32.8 Å². The van der Waals surface area contributed by atoms with Gasteiger partial charge in [-0.25, -0.2) is 4.98 Å². The maximum absolute atomic E-state index is 6.19. The summed E-state index contributed by atoms with van der Waals surface area (Å²) in [6.45, 7) is 13.0. The zero-order chi connectivity index (χ0) is 24.5. The van der Waals surface area contributed by atoms with Gasteiger partial charge in [0.15, 0.2) is 0 Å². The van der Waals surface area contributed by atoms with E-state index >= 15 is 0 Å². The molecule has 35 heavy (non-hydrogen) atoms. The minimum atomic E-state index is -0.00223. The van der Waals surface area contributed by atoms with E-state index in [4.69, 9.17) is 13.8 Å². The third kappa shape index (κ3) is 3.37. The molecular weight excluding hydrogens is 430 g/mol. The highest BCUT2D eigenvalue weighted by molar-refractivity contribution is 6.06. The number of furan rings is 2. The smallest absolute Gasteiger partial charge is 0.227 e. The second-order valence-electron chi connectivity index (χ2n) is 10.5. The Kier molecular flexibility index (Phi) is 4.69. The average molecular weight is 460 g/mol. The number of benzene rings is 3. The van der Waals surface area contributed by atoms with Gasteiger partial charge in [0, 0.05) is 27.6 Å². The van der Waals surface area contributed by atoms with E-state index in [1.165, 1.54) is 16.3 Å². The molecule has 6 rings (SSSR count). The topological polar surface area (TPSA) is 39.2 Å². The van der Waals surface area contributed by atoms with Crippen LogP contribution in [0, 0.1) is 20.8 Å². The summed E-state index contributed by atoms with van der Waals surface area (Å²) in [5, 5.41) is 4.66. The first-order valence-corrected chi connectivity index (χ1v) is 12.2. The Balaban J connectivity index is 1.70. The molecule has 0 aliphatic heterocycles. The number of hydrogen-bond acceptors (Lipinski definition) is 3. The molecule has 0 spiro atoms. The highest BCUT2D eigenvalue weighted by atomic mass is 16.3. The van der Waals surface area contributed by atoms with Crippen molar-refractivity contribution < 1.29 is 8.83 Å². The van der Waals surface area contributed by atoms with Gasteiger partial charge in [0.25, 0.3) is 0 Å². The van der Waals surface area contributed by atoms with Crippen LogP contribution in [0.3, 0.4) is 0 Å². The van der Waals surface area contributed by atoms with Crippen LogP contribution in [0.25, 0.3) is 55.2 Å². The summed E-state index contributed by atoms with van der Waals surface area (Å²) in [4.78, 5) is 5.04. The number of rotatable bonds is 2. The van der Waals surface area contributed by atoms with Crippen molar-refractivity contribution in [2.45, 2.75) is 47.0 Å². The summed E-state index contributed by atoms with van der Waals surface area (Å²) >= 11 is 0. The molecule has 0 saturated carbocycles. The zero-order valence-corrected chi connectivity index (χ0v) is 21.1. The molecule has 0 aliphatic carbocycles. The summed E-state index contributed by atoms with van der Waals surface area (Å²) in [5.41, 5.74) is 8.20. The lowest BCUT2D eigenvalue weighted by Gasteiger charge is -2.23. The third-order valence-corrected chi connectivity index (χ3v) is 7.15. The van der Waals surface area contributed by atoms with Crippen LogP contribution in [-0.2, 0) is 5.41 Å². The first-order valence-electron chi connectivity index (χ1n) is 12.2. The first kappa shape index (κ1) is 21.7. The van der Waals surface area contributed by atoms with Gasteiger partial charge in [-0.3, -0.25) is 0 Å². The molecule has 0 atom stereocenters. The SMILES string of the molecule is Cc1oc2ccccc2c1-c1cc(-c2cc(C(C)(C)C)c3ccccc3c2)nc2oc(C)c(C)c12. The number of para-hydroxylation sites is 1. The van der Waals surface area contributed by atoms with Crippen LogP contribution >= 0.6 is 0 Å². The molecule has 174 valence electrons. The molecule has 3 aromatic carbocycles. The molecule has 0 fully saturated rings. The fourth-order valence-corrected chi connectivity index (χ4v) is 5.28. The van der Waals surface area contributed by atoms with E-state index in [9.17, 15) is 0 Å². The first-order chi connectivity index (χ1) is 16.7. The van der Waals surface area contributed by atoms with Crippen molar-refractivity contribution in [1.29, 1.82) is 0 Å². The van der Waals surface area contributed by atoms with Gasteiger partial charge in [0.2, 0.25) is 5.71 Å². The Morgan fingerprint density at radius 3 is 2.23 bits per heavy atom. The van der Waals surface area contributed by atoms with Crippen molar-refractivity contribution in [3.8, 4) is 22.4 Å². The minimum absolute atomic E-state index is 0.00223. The molecule has 0 bridgehead atoms. The summed E-state index contributed by atoms with van der Waals surface area (Å²) in [6, 6.07) is 23.6. The summed E-state index contributed by atoms with van der Waals surface area (Å²) < 4.78 is 12.4. The minimum Gasteiger partial charge on any atom is -0.461 e. The van der Waals surface area contributed by atoms with Crippen molar-refractivity contribution in [3.63, 3.8) is 0 Å². The second-order valence-corrected chi connectivity index (χ2v) is 10.5. The Bertz CT molecular complexity index is 1760. The van der Waals surface area contributed by atoms with E-state index in [0.29, 0.717) is 5.71 Å². The molecule has 3 heterocycles. The van der Waals surface area contributed by atoms with Gasteiger partial charge in [-0.15, -0.1) is 0 Å². The van der Waals surface area contributed by atoms with Gasteiger partial charge < -0.3 is 8.83 Å². The monoisotopic (exact) mass is 459 g/mol. The Morgan fingerprint density at radius 2 is 1.46 bits per heavy atom. The number of pyridine rings is 1. The Labute approximate surface area is 205 Å². The van der Waals surface area contributed by atoms with Gasteiger partial charge in [-0.1, -0.05) is 63.2 Å². The lowest BCUT2D eigenvalue weighted by Crippen LogP contribution is -2.12. The Morgan fingerprint density at radius 1 is 0.743 bits per heavy atom. The molecule has 3 nitrogen and oxygen atoms in total. The molecule has 3 heteroatoms. The van der Waals surface area contributed by atoms with Gasteiger partial charge in [0.05, 0.1) is 11.1 Å². The molecule has 0 saturated heterocycles. The van der Waals surface area contributed by atoms with Crippen LogP contribution in [0.4, 0.5) is 0 Å². The van der Waals surface area contributed by atoms with Gasteiger partial charge in [-0.2, -0.15) is 0 Å². The lowest BCUT2D eigenvalue weighted by atomic mass is 9.82. The summed E-state index contributed by atoms with van der Waals surface area (Å²) in [5.74, 6) is 1.79. The average Bonchev–Trinajstić information content (AvgIpc) is 3.32. The number of fused-ring (bicyclic) bond motifs is 3. The van der Waals surface area contributed by atoms with Gasteiger partial charge in [0.1, 0.15) is 17.1 Å². The summed E-state index contributed by atoms with van der Waals surface area (Å²) in [7, 11) is 0. The van der Waals surface area contributed by atoms with E-state index in [1.54, 1.807) is 0 Å². The molecular formula is C32H29NO2. The number of hydrogen-bond donors (Lipinski definition) is 0. The van der Waals surface area contributed by atoms with Crippen LogP contribution in [0.1, 0.15) is 43.4 Å². The van der Waals surface area contributed by atoms with E-state index in [2.05, 4.69) is 82.3 Å². The third-order valence-electron chi connectivity index (χ3n) is 7.15. The highest BCUT2D eigenvalue weighted by Gasteiger charge is 2.23. The number of aryl methyl sites for hydroxylation is 3. The molecule has 0 amide bonds. The molecule has 0 radical (unpaired) electrons. The van der Waals surface area contributed by atoms with E-state index < -0.39 is 0 Å². The van der Waals surface area contributed by atoms with E-state index in [-0.39, 0.29) is 5.41 Å². The van der Waals surface area contributed by atoms with Gasteiger partial charge >= 0.3 is 0 Å². The van der Waals surface area contributed by atoms with Crippen molar-refractivity contribution in [3.05, 3.63) is 89.4 Å². The standard InChI is InChI=1S/C32H29NO2/c1-18-19(2)35-31-29(18)25(30-20(3)34-28-14-10-9-13-24(28)30)17-27(33-31)22-15-21-11-7-8-12-23(21)26(16-22)32(4,5)6/h7-17H,1-6H3. The zero-order valence-electron chi connectivity index (χ0n) is 21.1. The van der Waals surface area contributed by atoms with Crippen molar-refractivity contribution in [2.75, 3.05) is 0 Å². The maximum atomic E-state index is 6.19. The quantitative estimate of drug-likeness (QED) is 0.259. The summed E-state index contributed by atoms with van der Waals surface area (Å²) in [6.07, 6.45) is 0. The normalized spacial score (nSPS) is 12.3. The molecule has 3 aromatic heterocycles. The second kappa shape index (κ2) is 7.58. The van der Waals surface area contributed by atoms with Crippen LogP contribution in [0.5, 0.6) is 0 Å². The van der Waals surface area contributed by atoms with Crippen LogP contribution < -0.4 is 0 Å². The molecule has 0 aliphatic rings. The van der Waals surface area contributed by atoms with Crippen LogP contribution in [0.2, 0.25) is 0 Å². The lowest BCUT2D eigenvalue weighted by molar-refractivity contribution is 0.565. The van der Waals surface area contributed by atoms with Crippen LogP contribution in [-0.4, -0.2) is 4.98 Å². The predicted octanol–water partition coefficient (Wildman–Crippen LogP) is 9.28. The largest absolute Gasteiger partial charge is 0.461 e. The molecule has 6 aromatic rings. The fraction of sp³-hybridized carbons (Fsp3) is 0.219. The number of aromatic nitrogens is 1. The fourth-order valence-electron chi connectivity index (χ4n) is 5.28. The number of nitrogens with zero attached hydrogens (tertiary/aromatic N) is 1. The maximum Gasteiger partial charge on any atom is 0.227 e. The van der Waals surface area contributed by atoms with E-state index in [0.717, 1.165) is 55.8 Å². The van der Waals surface area contributed by atoms with Crippen molar-refractivity contribution in [1.82, 2.24) is 4.98 Å². The highest BCUT2D eigenvalue weighted by Crippen LogP contribution is 2.43. The molecule has 0 unspecified atom stereocenters. The van der Waals surface area contributed by atoms with Gasteiger partial charge in [-0.05, 0) is 66.8 Å². The van der Waals surface area contributed by atoms with E-state index in [1.807, 2.05) is 26.0 Å². The Hall–Kier alpha value is -3.85.